The Kier molecular flexibility index (Phi) is 5.60. The number of carbonyl (C=O) groups excluding carboxylic acids is 1. The van der Waals surface area contributed by atoms with Crippen LogP contribution < -0.4 is 11.1 Å². The van der Waals surface area contributed by atoms with E-state index in [0.29, 0.717) is 12.6 Å². The summed E-state index contributed by atoms with van der Waals surface area (Å²) in [6.07, 6.45) is 2.88. The molecule has 1 aliphatic rings. The molecule has 0 bridgehead atoms. The second kappa shape index (κ2) is 6.53. The van der Waals surface area contributed by atoms with Crippen LogP contribution >= 0.6 is 0 Å². The van der Waals surface area contributed by atoms with Crippen molar-refractivity contribution < 1.29 is 4.79 Å². The van der Waals surface area contributed by atoms with Crippen molar-refractivity contribution in [3.8, 4) is 0 Å². The van der Waals surface area contributed by atoms with E-state index in [1.807, 2.05) is 6.92 Å². The lowest BCUT2D eigenvalue weighted by Gasteiger charge is -2.41. The Bertz CT molecular complexity index is 265. The van der Waals surface area contributed by atoms with Crippen LogP contribution in [-0.4, -0.2) is 42.0 Å². The Morgan fingerprint density at radius 2 is 1.94 bits per heavy atom. The van der Waals surface area contributed by atoms with Gasteiger partial charge in [-0.05, 0) is 46.6 Å². The highest BCUT2D eigenvalue weighted by molar-refractivity contribution is 5.78. The van der Waals surface area contributed by atoms with Gasteiger partial charge in [-0.3, -0.25) is 9.69 Å². The van der Waals surface area contributed by atoms with Gasteiger partial charge in [-0.25, -0.2) is 0 Å². The number of amides is 1. The van der Waals surface area contributed by atoms with E-state index in [1.165, 1.54) is 0 Å². The zero-order valence-corrected chi connectivity index (χ0v) is 12.3. The van der Waals surface area contributed by atoms with Gasteiger partial charge in [0.15, 0.2) is 0 Å². The minimum atomic E-state index is 0.0376. The van der Waals surface area contributed by atoms with Crippen molar-refractivity contribution in [1.29, 1.82) is 0 Å². The lowest BCUT2D eigenvalue weighted by Crippen LogP contribution is -2.51. The summed E-state index contributed by atoms with van der Waals surface area (Å²) in [4.78, 5) is 14.4. The summed E-state index contributed by atoms with van der Waals surface area (Å²) in [6.45, 7) is 11.4. The highest BCUT2D eigenvalue weighted by Gasteiger charge is 2.28. The molecule has 1 atom stereocenters. The molecule has 1 fully saturated rings. The fourth-order valence-corrected chi connectivity index (χ4v) is 2.42. The van der Waals surface area contributed by atoms with Gasteiger partial charge in [0.2, 0.25) is 5.91 Å². The van der Waals surface area contributed by atoms with E-state index in [9.17, 15) is 4.79 Å². The number of likely N-dealkylation sites (tertiary alicyclic amines) is 1. The van der Waals surface area contributed by atoms with Crippen LogP contribution in [0.2, 0.25) is 0 Å². The maximum absolute atomic E-state index is 11.9. The first kappa shape index (κ1) is 15.4. The second-order valence-corrected chi connectivity index (χ2v) is 6.42. The predicted molar refractivity (Wildman–Crippen MR) is 75.3 cm³/mol. The van der Waals surface area contributed by atoms with Gasteiger partial charge in [-0.1, -0.05) is 6.92 Å². The van der Waals surface area contributed by atoms with E-state index in [4.69, 9.17) is 5.73 Å². The van der Waals surface area contributed by atoms with Crippen LogP contribution in [0.25, 0.3) is 0 Å². The molecule has 1 rings (SSSR count). The third-order valence-corrected chi connectivity index (χ3v) is 3.84. The van der Waals surface area contributed by atoms with Gasteiger partial charge in [-0.15, -0.1) is 0 Å². The maximum atomic E-state index is 11.9. The van der Waals surface area contributed by atoms with E-state index in [2.05, 4.69) is 31.0 Å². The molecule has 0 radical (unpaired) electrons. The molecular formula is C14H29N3O. The zero-order chi connectivity index (χ0) is 13.8. The number of hydrogen-bond donors (Lipinski definition) is 2. The quantitative estimate of drug-likeness (QED) is 0.797. The van der Waals surface area contributed by atoms with Crippen molar-refractivity contribution in [2.24, 2.45) is 11.7 Å². The topological polar surface area (TPSA) is 58.4 Å². The highest BCUT2D eigenvalue weighted by Crippen LogP contribution is 2.20. The van der Waals surface area contributed by atoms with Gasteiger partial charge in [0.25, 0.3) is 0 Å². The standard InChI is InChI=1S/C14H29N3O/c1-11(5-8-15)13(18)16-12-6-9-17(10-7-12)14(2,3)4/h11-12H,5-10,15H2,1-4H3,(H,16,18). The van der Waals surface area contributed by atoms with Crippen molar-refractivity contribution in [3.63, 3.8) is 0 Å². The van der Waals surface area contributed by atoms with Gasteiger partial charge in [0, 0.05) is 30.6 Å². The average molecular weight is 255 g/mol. The molecule has 1 heterocycles. The molecule has 0 spiro atoms. The summed E-state index contributed by atoms with van der Waals surface area (Å²) in [5.41, 5.74) is 5.72. The largest absolute Gasteiger partial charge is 0.353 e. The monoisotopic (exact) mass is 255 g/mol. The van der Waals surface area contributed by atoms with E-state index in [0.717, 1.165) is 32.4 Å². The lowest BCUT2D eigenvalue weighted by molar-refractivity contribution is -0.125. The van der Waals surface area contributed by atoms with Crippen LogP contribution in [0.15, 0.2) is 0 Å². The summed E-state index contributed by atoms with van der Waals surface area (Å²) in [5.74, 6) is 0.199. The Morgan fingerprint density at radius 3 is 2.39 bits per heavy atom. The normalized spacial score (nSPS) is 20.7. The van der Waals surface area contributed by atoms with Crippen molar-refractivity contribution in [3.05, 3.63) is 0 Å². The molecule has 4 heteroatoms. The summed E-state index contributed by atoms with van der Waals surface area (Å²) in [5, 5.41) is 3.15. The van der Waals surface area contributed by atoms with Crippen LogP contribution in [0, 0.1) is 5.92 Å². The van der Waals surface area contributed by atoms with Crippen molar-refractivity contribution >= 4 is 5.91 Å². The SMILES string of the molecule is CC(CCN)C(=O)NC1CCN(C(C)(C)C)CC1. The molecule has 106 valence electrons. The molecule has 3 N–H and O–H groups in total. The van der Waals surface area contributed by atoms with Crippen LogP contribution in [0.3, 0.4) is 0 Å². The third-order valence-electron chi connectivity index (χ3n) is 3.84. The molecule has 18 heavy (non-hydrogen) atoms. The first-order valence-electron chi connectivity index (χ1n) is 7.10. The zero-order valence-electron chi connectivity index (χ0n) is 12.3. The number of hydrogen-bond acceptors (Lipinski definition) is 3. The summed E-state index contributed by atoms with van der Waals surface area (Å²) in [7, 11) is 0. The van der Waals surface area contributed by atoms with Gasteiger partial charge < -0.3 is 11.1 Å². The number of nitrogens with one attached hydrogen (secondary N) is 1. The fraction of sp³-hybridized carbons (Fsp3) is 0.929. The first-order valence-corrected chi connectivity index (χ1v) is 7.10. The number of carbonyl (C=O) groups is 1. The van der Waals surface area contributed by atoms with Crippen LogP contribution in [0.1, 0.15) is 47.0 Å². The first-order chi connectivity index (χ1) is 8.34. The predicted octanol–water partition coefficient (Wildman–Crippen LogP) is 1.35. The van der Waals surface area contributed by atoms with Gasteiger partial charge in [0.1, 0.15) is 0 Å². The van der Waals surface area contributed by atoms with Crippen molar-refractivity contribution in [2.75, 3.05) is 19.6 Å². The van der Waals surface area contributed by atoms with Crippen LogP contribution in [0.4, 0.5) is 0 Å². The van der Waals surface area contributed by atoms with E-state index < -0.39 is 0 Å². The van der Waals surface area contributed by atoms with Crippen LogP contribution in [0.5, 0.6) is 0 Å². The molecule has 0 saturated carbocycles. The van der Waals surface area contributed by atoms with E-state index >= 15 is 0 Å². The number of piperidine rings is 1. The summed E-state index contributed by atoms with van der Waals surface area (Å²) >= 11 is 0. The Hall–Kier alpha value is -0.610. The Balaban J connectivity index is 2.33. The van der Waals surface area contributed by atoms with Crippen LogP contribution in [-0.2, 0) is 4.79 Å². The molecule has 0 aromatic carbocycles. The maximum Gasteiger partial charge on any atom is 0.223 e. The van der Waals surface area contributed by atoms with Crippen molar-refractivity contribution in [2.45, 2.75) is 58.5 Å². The number of nitrogens with zero attached hydrogens (tertiary/aromatic N) is 1. The third kappa shape index (κ3) is 4.58. The molecule has 1 amide bonds. The molecular weight excluding hydrogens is 226 g/mol. The molecule has 0 aromatic rings. The second-order valence-electron chi connectivity index (χ2n) is 6.42. The number of rotatable bonds is 4. The minimum absolute atomic E-state index is 0.0376. The summed E-state index contributed by atoms with van der Waals surface area (Å²) in [6, 6.07) is 0.344. The molecule has 0 aromatic heterocycles. The van der Waals surface area contributed by atoms with Gasteiger partial charge in [-0.2, -0.15) is 0 Å². The fourth-order valence-electron chi connectivity index (χ4n) is 2.42. The molecule has 1 saturated heterocycles. The lowest BCUT2D eigenvalue weighted by atomic mass is 9.97. The minimum Gasteiger partial charge on any atom is -0.353 e. The molecule has 1 unspecified atom stereocenters. The molecule has 0 aliphatic carbocycles. The highest BCUT2D eigenvalue weighted by atomic mass is 16.1. The molecule has 1 aliphatic heterocycles. The van der Waals surface area contributed by atoms with E-state index in [1.54, 1.807) is 0 Å². The van der Waals surface area contributed by atoms with Gasteiger partial charge >= 0.3 is 0 Å². The summed E-state index contributed by atoms with van der Waals surface area (Å²) < 4.78 is 0. The number of nitrogens with two attached hydrogens (primary N) is 1. The van der Waals surface area contributed by atoms with Gasteiger partial charge in [0.05, 0.1) is 0 Å². The average Bonchev–Trinajstić information content (AvgIpc) is 2.28. The smallest absolute Gasteiger partial charge is 0.223 e. The molecule has 4 nitrogen and oxygen atoms in total. The van der Waals surface area contributed by atoms with Crippen molar-refractivity contribution in [1.82, 2.24) is 10.2 Å². The van der Waals surface area contributed by atoms with E-state index in [-0.39, 0.29) is 17.4 Å². The Labute approximate surface area is 111 Å². The Morgan fingerprint density at radius 1 is 1.39 bits per heavy atom.